The fraction of sp³-hybridized carbons (Fsp3) is 0.343. The number of hydrogen-bond donors (Lipinski definition) is 2. The number of anilines is 1. The van der Waals surface area contributed by atoms with E-state index in [0.717, 1.165) is 67.0 Å². The second-order valence-electron chi connectivity index (χ2n) is 12.6. The van der Waals surface area contributed by atoms with Crippen LogP contribution in [0.5, 0.6) is 0 Å². The van der Waals surface area contributed by atoms with E-state index in [-0.39, 0.29) is 16.7 Å². The Morgan fingerprint density at radius 3 is 2.20 bits per heavy atom. The van der Waals surface area contributed by atoms with Crippen LogP contribution in [0.15, 0.2) is 100.0 Å². The van der Waals surface area contributed by atoms with Gasteiger partial charge < -0.3 is 0 Å². The number of hydrogen-bond acceptors (Lipinski definition) is 5. The maximum atomic E-state index is 12.5. The molecule has 0 spiro atoms. The zero-order valence-electron chi connectivity index (χ0n) is 25.9. The van der Waals surface area contributed by atoms with Crippen LogP contribution in [-0.4, -0.2) is 31.8 Å². The van der Waals surface area contributed by atoms with E-state index in [4.69, 9.17) is 0 Å². The van der Waals surface area contributed by atoms with Gasteiger partial charge in [0.05, 0.1) is 4.90 Å². The Hall–Kier alpha value is -3.57. The van der Waals surface area contributed by atoms with Gasteiger partial charge in [-0.2, -0.15) is 16.8 Å². The van der Waals surface area contributed by atoms with E-state index in [1.807, 2.05) is 62.4 Å². The number of nitrogens with zero attached hydrogens (tertiary/aromatic N) is 1. The lowest BCUT2D eigenvalue weighted by molar-refractivity contribution is -0.116. The molecule has 3 aromatic rings. The lowest BCUT2D eigenvalue weighted by Gasteiger charge is -2.45. The smallest absolute Gasteiger partial charge is 0.288 e. The lowest BCUT2D eigenvalue weighted by Crippen LogP contribution is -2.36. The molecule has 45 heavy (non-hydrogen) atoms. The van der Waals surface area contributed by atoms with Crippen molar-refractivity contribution in [1.82, 2.24) is 0 Å². The van der Waals surface area contributed by atoms with Gasteiger partial charge in [-0.15, -0.1) is 0 Å². The predicted molar refractivity (Wildman–Crippen MR) is 177 cm³/mol. The van der Waals surface area contributed by atoms with Crippen molar-refractivity contribution < 1.29 is 30.7 Å². The highest BCUT2D eigenvalue weighted by Crippen LogP contribution is 2.61. The number of unbranched alkanes of at least 4 members (excludes halogenated alkanes) is 2. The molecule has 6 rings (SSSR count). The molecule has 0 saturated heterocycles. The summed E-state index contributed by atoms with van der Waals surface area (Å²) in [6.45, 7) is 7.70. The van der Waals surface area contributed by atoms with Crippen molar-refractivity contribution in [3.05, 3.63) is 101 Å². The quantitative estimate of drug-likeness (QED) is 0.131. The Bertz CT molecular complexity index is 1960. The summed E-state index contributed by atoms with van der Waals surface area (Å²) in [6.07, 6.45) is 13.1. The van der Waals surface area contributed by atoms with Gasteiger partial charge in [-0.25, -0.2) is 0 Å². The summed E-state index contributed by atoms with van der Waals surface area (Å²) in [5, 5.41) is 0.546. The first-order chi connectivity index (χ1) is 21.1. The number of allylic oxidation sites excluding steroid dienone is 5. The first kappa shape index (κ1) is 32.8. The van der Waals surface area contributed by atoms with E-state index >= 15 is 0 Å². The number of carbonyl (C=O) groups is 1. The average molecular weight is 650 g/mol. The molecule has 2 bridgehead atoms. The van der Waals surface area contributed by atoms with Gasteiger partial charge in [0.2, 0.25) is 5.91 Å². The Morgan fingerprint density at radius 2 is 1.60 bits per heavy atom. The van der Waals surface area contributed by atoms with Crippen LogP contribution in [0.2, 0.25) is 0 Å². The van der Waals surface area contributed by atoms with Gasteiger partial charge in [0.15, 0.2) is 0 Å². The van der Waals surface area contributed by atoms with Crippen LogP contribution in [0.4, 0.5) is 5.69 Å². The minimum atomic E-state index is -4.83. The van der Waals surface area contributed by atoms with Gasteiger partial charge in [0.1, 0.15) is 4.90 Å². The van der Waals surface area contributed by atoms with Crippen molar-refractivity contribution in [2.45, 2.75) is 86.8 Å². The standard InChI is InChI=1S/C35H39NO7S2/c1-5-6-11-18-35-22-25(23-35)30(15-10-12-19-36(24(2)37)26-13-8-7-9-14-26)34(3,4)33-29-20-27(44(38,39)40)21-32(45(41,42)43)28(29)16-17-31(33)35/h7-10,12-17,19-21H,5-6,11,18,22-23H2,1-4H3,(H,38,39,40)(H,41,42,43)/b15-10+,19-12+. The molecule has 0 heterocycles. The van der Waals surface area contributed by atoms with Crippen molar-refractivity contribution in [1.29, 1.82) is 0 Å². The second-order valence-corrected chi connectivity index (χ2v) is 15.4. The van der Waals surface area contributed by atoms with Gasteiger partial charge in [0, 0.05) is 35.0 Å². The average Bonchev–Trinajstić information content (AvgIpc) is 3.07. The van der Waals surface area contributed by atoms with Crippen LogP contribution in [0.1, 0.15) is 77.3 Å². The summed E-state index contributed by atoms with van der Waals surface area (Å²) < 4.78 is 69.8. The third kappa shape index (κ3) is 6.16. The summed E-state index contributed by atoms with van der Waals surface area (Å²) in [7, 11) is -9.63. The summed E-state index contributed by atoms with van der Waals surface area (Å²) in [5.41, 5.74) is 3.90. The molecular formula is C35H39NO7S2. The Morgan fingerprint density at radius 1 is 0.911 bits per heavy atom. The zero-order chi connectivity index (χ0) is 32.8. The largest absolute Gasteiger partial charge is 0.295 e. The van der Waals surface area contributed by atoms with Gasteiger partial charge in [0.25, 0.3) is 20.2 Å². The normalized spacial score (nSPS) is 17.4. The number of para-hydroxylation sites is 1. The number of fused-ring (bicyclic) bond motifs is 2. The molecule has 2 N–H and O–H groups in total. The zero-order valence-corrected chi connectivity index (χ0v) is 27.6. The second kappa shape index (κ2) is 12.0. The van der Waals surface area contributed by atoms with E-state index in [0.29, 0.717) is 5.39 Å². The Balaban J connectivity index is 1.70. The van der Waals surface area contributed by atoms with E-state index in [2.05, 4.69) is 6.92 Å². The third-order valence-corrected chi connectivity index (χ3v) is 11.0. The fourth-order valence-electron chi connectivity index (χ4n) is 7.18. The summed E-state index contributed by atoms with van der Waals surface area (Å²) in [5.74, 6) is -0.136. The highest BCUT2D eigenvalue weighted by molar-refractivity contribution is 7.86. The molecule has 0 radical (unpaired) electrons. The van der Waals surface area contributed by atoms with Crippen LogP contribution < -0.4 is 4.90 Å². The van der Waals surface area contributed by atoms with Crippen LogP contribution in [0.25, 0.3) is 10.8 Å². The summed E-state index contributed by atoms with van der Waals surface area (Å²) in [4.78, 5) is 12.8. The molecule has 8 nitrogen and oxygen atoms in total. The third-order valence-electron chi connectivity index (χ3n) is 9.24. The van der Waals surface area contributed by atoms with Gasteiger partial charge >= 0.3 is 0 Å². The Kier molecular flexibility index (Phi) is 8.74. The van der Waals surface area contributed by atoms with Gasteiger partial charge in [-0.05, 0) is 71.7 Å². The number of carbonyl (C=O) groups excluding carboxylic acids is 1. The van der Waals surface area contributed by atoms with Crippen molar-refractivity contribution in [2.24, 2.45) is 0 Å². The van der Waals surface area contributed by atoms with Gasteiger partial charge in [-0.3, -0.25) is 18.8 Å². The first-order valence-corrected chi connectivity index (χ1v) is 18.0. The SMILES string of the molecule is CCCCCC12CC(=C(/C=C/C=C/N(C(C)=O)c3ccccc3)C(C)(C)c3c1ccc1c(S(=O)(=O)O)cc(S(=O)(=O)O)cc31)C2. The number of rotatable bonds is 10. The van der Waals surface area contributed by atoms with Crippen molar-refractivity contribution >= 4 is 42.6 Å². The molecule has 0 unspecified atom stereocenters. The van der Waals surface area contributed by atoms with E-state index in [1.54, 1.807) is 23.2 Å². The highest BCUT2D eigenvalue weighted by atomic mass is 32.2. The molecule has 3 aliphatic carbocycles. The van der Waals surface area contributed by atoms with Crippen LogP contribution >= 0.6 is 0 Å². The van der Waals surface area contributed by atoms with E-state index < -0.39 is 35.4 Å². The Labute approximate surface area is 265 Å². The molecule has 0 atom stereocenters. The summed E-state index contributed by atoms with van der Waals surface area (Å²) >= 11 is 0. The van der Waals surface area contributed by atoms with E-state index in [9.17, 15) is 30.7 Å². The van der Waals surface area contributed by atoms with E-state index in [1.165, 1.54) is 18.6 Å². The molecular weight excluding hydrogens is 611 g/mol. The molecule has 3 aromatic carbocycles. The molecule has 10 heteroatoms. The van der Waals surface area contributed by atoms with Crippen molar-refractivity contribution in [2.75, 3.05) is 4.90 Å². The van der Waals surface area contributed by atoms with Gasteiger partial charge in [-0.1, -0.05) is 88.1 Å². The lowest BCUT2D eigenvalue weighted by atomic mass is 9.59. The summed E-state index contributed by atoms with van der Waals surface area (Å²) in [6, 6.07) is 15.0. The predicted octanol–water partition coefficient (Wildman–Crippen LogP) is 7.66. The highest BCUT2D eigenvalue weighted by Gasteiger charge is 2.50. The van der Waals surface area contributed by atoms with Crippen LogP contribution in [0, 0.1) is 0 Å². The van der Waals surface area contributed by atoms with Crippen LogP contribution in [-0.2, 0) is 35.9 Å². The fourth-order valence-corrected chi connectivity index (χ4v) is 8.52. The molecule has 1 amide bonds. The number of amides is 1. The topological polar surface area (TPSA) is 129 Å². The molecule has 238 valence electrons. The molecule has 1 saturated carbocycles. The van der Waals surface area contributed by atoms with Crippen molar-refractivity contribution in [3.8, 4) is 0 Å². The monoisotopic (exact) mass is 649 g/mol. The van der Waals surface area contributed by atoms with Crippen molar-refractivity contribution in [3.63, 3.8) is 0 Å². The molecule has 1 fully saturated rings. The maximum absolute atomic E-state index is 12.5. The minimum absolute atomic E-state index is 0.136. The van der Waals surface area contributed by atoms with Crippen LogP contribution in [0.3, 0.4) is 0 Å². The molecule has 0 aromatic heterocycles. The molecule has 0 aliphatic heterocycles. The first-order valence-electron chi connectivity index (χ1n) is 15.1. The minimum Gasteiger partial charge on any atom is -0.288 e. The maximum Gasteiger partial charge on any atom is 0.295 e. The number of benzene rings is 3. The molecule has 3 aliphatic rings.